The van der Waals surface area contributed by atoms with Gasteiger partial charge in [-0.3, -0.25) is 0 Å². The van der Waals surface area contributed by atoms with Crippen molar-refractivity contribution in [2.45, 2.75) is 71.4 Å². The summed E-state index contributed by atoms with van der Waals surface area (Å²) in [7, 11) is 0. The number of rotatable bonds is 8. The van der Waals surface area contributed by atoms with Gasteiger partial charge in [-0.2, -0.15) is 0 Å². The molecule has 1 aliphatic rings. The smallest absolute Gasteiger partial charge is 0.143 e. The maximum absolute atomic E-state index is 6.00. The van der Waals surface area contributed by atoms with Crippen LogP contribution in [0.25, 0.3) is 0 Å². The summed E-state index contributed by atoms with van der Waals surface area (Å²) in [6, 6.07) is 7.05. The van der Waals surface area contributed by atoms with E-state index < -0.39 is 0 Å². The van der Waals surface area contributed by atoms with Gasteiger partial charge in [0.15, 0.2) is 0 Å². The molecule has 0 aliphatic carbocycles. The summed E-state index contributed by atoms with van der Waals surface area (Å²) in [6.45, 7) is 10.7. The molecule has 1 aromatic carbocycles. The highest BCUT2D eigenvalue weighted by atomic mass is 16.5. The largest absolute Gasteiger partial charge is 0.484 e. The highest BCUT2D eigenvalue weighted by Gasteiger charge is 2.26. The topological polar surface area (TPSA) is 33.3 Å². The van der Waals surface area contributed by atoms with Crippen LogP contribution in [-0.2, 0) is 6.42 Å². The Morgan fingerprint density at radius 2 is 2.09 bits per heavy atom. The molecule has 2 N–H and O–H groups in total. The van der Waals surface area contributed by atoms with Gasteiger partial charge in [-0.25, -0.2) is 0 Å². The fraction of sp³-hybridized carbons (Fsp3) is 0.684. The summed E-state index contributed by atoms with van der Waals surface area (Å²) in [4.78, 5) is 0. The van der Waals surface area contributed by atoms with Crippen LogP contribution in [0, 0.1) is 0 Å². The van der Waals surface area contributed by atoms with Crippen LogP contribution in [0.4, 0.5) is 5.69 Å². The first-order valence-corrected chi connectivity index (χ1v) is 8.79. The lowest BCUT2D eigenvalue weighted by Gasteiger charge is -2.33. The van der Waals surface area contributed by atoms with Gasteiger partial charge in [-0.1, -0.05) is 32.3 Å². The number of fused-ring (bicyclic) bond motifs is 1. The summed E-state index contributed by atoms with van der Waals surface area (Å²) < 4.78 is 6.00. The van der Waals surface area contributed by atoms with E-state index in [2.05, 4.69) is 56.5 Å². The zero-order valence-electron chi connectivity index (χ0n) is 14.7. The van der Waals surface area contributed by atoms with E-state index in [1.54, 1.807) is 0 Å². The summed E-state index contributed by atoms with van der Waals surface area (Å²) in [6.07, 6.45) is 6.34. The van der Waals surface area contributed by atoms with Gasteiger partial charge in [0.05, 0.1) is 12.2 Å². The molecule has 124 valence electrons. The lowest BCUT2D eigenvalue weighted by Crippen LogP contribution is -2.40. The predicted octanol–water partition coefficient (Wildman–Crippen LogP) is 4.37. The van der Waals surface area contributed by atoms with Crippen molar-refractivity contribution in [3.05, 3.63) is 23.8 Å². The van der Waals surface area contributed by atoms with Gasteiger partial charge in [0.25, 0.3) is 0 Å². The Hall–Kier alpha value is -1.22. The minimum atomic E-state index is -0.123. The molecule has 3 heteroatoms. The van der Waals surface area contributed by atoms with E-state index in [0.29, 0.717) is 6.04 Å². The SMILES string of the molecule is CCCCCCNC(C)Cc1ccc2c(c1)NCC(C)(C)O2. The Bertz CT molecular complexity index is 471. The first-order chi connectivity index (χ1) is 10.5. The zero-order chi connectivity index (χ0) is 16.0. The van der Waals surface area contributed by atoms with E-state index in [1.165, 1.54) is 31.2 Å². The molecule has 0 aromatic heterocycles. The molecule has 22 heavy (non-hydrogen) atoms. The first-order valence-electron chi connectivity index (χ1n) is 8.79. The van der Waals surface area contributed by atoms with Gasteiger partial charge in [-0.05, 0) is 57.9 Å². The van der Waals surface area contributed by atoms with Crippen molar-refractivity contribution < 1.29 is 4.74 Å². The second-order valence-corrected chi connectivity index (χ2v) is 7.17. The molecule has 1 atom stereocenters. The van der Waals surface area contributed by atoms with Crippen LogP contribution in [0.1, 0.15) is 58.9 Å². The van der Waals surface area contributed by atoms with E-state index in [1.807, 2.05) is 0 Å². The third kappa shape index (κ3) is 5.20. The highest BCUT2D eigenvalue weighted by molar-refractivity contribution is 5.60. The third-order valence-corrected chi connectivity index (χ3v) is 4.20. The third-order valence-electron chi connectivity index (χ3n) is 4.20. The van der Waals surface area contributed by atoms with E-state index in [9.17, 15) is 0 Å². The van der Waals surface area contributed by atoms with Crippen molar-refractivity contribution in [1.29, 1.82) is 0 Å². The molecule has 1 unspecified atom stereocenters. The molecule has 1 aliphatic heterocycles. The first kappa shape index (κ1) is 17.1. The average Bonchev–Trinajstić information content (AvgIpc) is 2.46. The number of benzene rings is 1. The average molecular weight is 304 g/mol. The Balaban J connectivity index is 1.81. The molecule has 0 fully saturated rings. The number of hydrogen-bond acceptors (Lipinski definition) is 3. The van der Waals surface area contributed by atoms with Gasteiger partial charge in [0, 0.05) is 6.04 Å². The fourth-order valence-electron chi connectivity index (χ4n) is 2.90. The lowest BCUT2D eigenvalue weighted by molar-refractivity contribution is 0.116. The molecule has 0 spiro atoms. The monoisotopic (exact) mass is 304 g/mol. The Morgan fingerprint density at radius 1 is 1.27 bits per heavy atom. The quantitative estimate of drug-likeness (QED) is 0.700. The Morgan fingerprint density at radius 3 is 2.86 bits per heavy atom. The predicted molar refractivity (Wildman–Crippen MR) is 94.9 cm³/mol. The molecule has 1 heterocycles. The van der Waals surface area contributed by atoms with Gasteiger partial charge in [0.2, 0.25) is 0 Å². The molecule has 0 bridgehead atoms. The Kier molecular flexibility index (Phi) is 6.13. The molecule has 0 saturated carbocycles. The molecule has 0 amide bonds. The molecular formula is C19H32N2O. The van der Waals surface area contributed by atoms with Crippen molar-refractivity contribution in [2.75, 3.05) is 18.4 Å². The van der Waals surface area contributed by atoms with Crippen LogP contribution in [-0.4, -0.2) is 24.7 Å². The van der Waals surface area contributed by atoms with Crippen LogP contribution in [0.5, 0.6) is 5.75 Å². The van der Waals surface area contributed by atoms with Crippen LogP contribution in [0.3, 0.4) is 0 Å². The molecule has 0 saturated heterocycles. The number of unbranched alkanes of at least 4 members (excludes halogenated alkanes) is 3. The van der Waals surface area contributed by atoms with Crippen molar-refractivity contribution in [3.63, 3.8) is 0 Å². The van der Waals surface area contributed by atoms with E-state index >= 15 is 0 Å². The van der Waals surface area contributed by atoms with Gasteiger partial charge < -0.3 is 15.4 Å². The summed E-state index contributed by atoms with van der Waals surface area (Å²) in [5.41, 5.74) is 2.37. The van der Waals surface area contributed by atoms with Crippen LogP contribution in [0.2, 0.25) is 0 Å². The highest BCUT2D eigenvalue weighted by Crippen LogP contribution is 2.33. The normalized spacial score (nSPS) is 17.3. The minimum absolute atomic E-state index is 0.123. The zero-order valence-corrected chi connectivity index (χ0v) is 14.7. The van der Waals surface area contributed by atoms with Crippen molar-refractivity contribution in [1.82, 2.24) is 5.32 Å². The van der Waals surface area contributed by atoms with Crippen LogP contribution in [0.15, 0.2) is 18.2 Å². The van der Waals surface area contributed by atoms with Crippen molar-refractivity contribution in [2.24, 2.45) is 0 Å². The summed E-state index contributed by atoms with van der Waals surface area (Å²) in [5, 5.41) is 7.12. The van der Waals surface area contributed by atoms with E-state index in [-0.39, 0.29) is 5.60 Å². The summed E-state index contributed by atoms with van der Waals surface area (Å²) in [5.74, 6) is 0.972. The molecule has 0 radical (unpaired) electrons. The van der Waals surface area contributed by atoms with E-state index in [4.69, 9.17) is 4.74 Å². The second kappa shape index (κ2) is 7.87. The second-order valence-electron chi connectivity index (χ2n) is 7.17. The maximum atomic E-state index is 6.00. The summed E-state index contributed by atoms with van der Waals surface area (Å²) >= 11 is 0. The number of hydrogen-bond donors (Lipinski definition) is 2. The van der Waals surface area contributed by atoms with Gasteiger partial charge in [-0.15, -0.1) is 0 Å². The van der Waals surface area contributed by atoms with Crippen molar-refractivity contribution in [3.8, 4) is 5.75 Å². The van der Waals surface area contributed by atoms with Gasteiger partial charge >= 0.3 is 0 Å². The number of anilines is 1. The van der Waals surface area contributed by atoms with Crippen molar-refractivity contribution >= 4 is 5.69 Å². The lowest BCUT2D eigenvalue weighted by atomic mass is 10.0. The minimum Gasteiger partial charge on any atom is -0.484 e. The standard InChI is InChI=1S/C19H32N2O/c1-5-6-7-8-11-20-15(2)12-16-9-10-18-17(13-16)21-14-19(3,4)22-18/h9-10,13,15,20-21H,5-8,11-12,14H2,1-4H3. The number of ether oxygens (including phenoxy) is 1. The van der Waals surface area contributed by atoms with Gasteiger partial charge in [0.1, 0.15) is 11.4 Å². The fourth-order valence-corrected chi connectivity index (χ4v) is 2.90. The molecule has 3 nitrogen and oxygen atoms in total. The maximum Gasteiger partial charge on any atom is 0.143 e. The number of nitrogens with one attached hydrogen (secondary N) is 2. The van der Waals surface area contributed by atoms with Crippen LogP contribution >= 0.6 is 0 Å². The molecule has 2 rings (SSSR count). The van der Waals surface area contributed by atoms with Crippen LogP contribution < -0.4 is 15.4 Å². The van der Waals surface area contributed by atoms with E-state index in [0.717, 1.165) is 30.9 Å². The Labute approximate surface area is 135 Å². The molecule has 1 aromatic rings. The molecular weight excluding hydrogens is 272 g/mol.